The minimum absolute atomic E-state index is 0.116. The quantitative estimate of drug-likeness (QED) is 0.737. The number of piperidine rings is 1. The van der Waals surface area contributed by atoms with Crippen LogP contribution < -0.4 is 4.90 Å². The Morgan fingerprint density at radius 2 is 2.12 bits per heavy atom. The monoisotopic (exact) mass is 333 g/mol. The van der Waals surface area contributed by atoms with E-state index in [1.807, 2.05) is 19.1 Å². The lowest BCUT2D eigenvalue weighted by atomic mass is 10.0. The van der Waals surface area contributed by atoms with Crippen molar-refractivity contribution in [3.8, 4) is 0 Å². The first kappa shape index (κ1) is 16.6. The Hall–Kier alpha value is -2.22. The van der Waals surface area contributed by atoms with Crippen molar-refractivity contribution in [2.45, 2.75) is 25.8 Å². The molecule has 3 amide bonds. The van der Waals surface area contributed by atoms with Crippen LogP contribution in [0.2, 0.25) is 0 Å². The minimum atomic E-state index is -0.209. The molecule has 2 aliphatic rings. The highest BCUT2D eigenvalue weighted by Crippen LogP contribution is 2.24. The van der Waals surface area contributed by atoms with Crippen molar-refractivity contribution in [1.29, 1.82) is 0 Å². The largest absolute Gasteiger partial charge is 0.383 e. The van der Waals surface area contributed by atoms with E-state index in [9.17, 15) is 9.59 Å². The van der Waals surface area contributed by atoms with Gasteiger partial charge in [0.2, 0.25) is 0 Å². The van der Waals surface area contributed by atoms with Crippen molar-refractivity contribution in [3.05, 3.63) is 17.8 Å². The zero-order chi connectivity index (χ0) is 17.1. The van der Waals surface area contributed by atoms with Crippen LogP contribution in [0.25, 0.3) is 0 Å². The summed E-state index contributed by atoms with van der Waals surface area (Å²) in [6.45, 7) is 4.38. The summed E-state index contributed by atoms with van der Waals surface area (Å²) in [5.41, 5.74) is 0.867. The van der Waals surface area contributed by atoms with Crippen LogP contribution >= 0.6 is 0 Å². The fourth-order valence-electron chi connectivity index (χ4n) is 3.24. The van der Waals surface area contributed by atoms with Crippen LogP contribution in [-0.2, 0) is 9.53 Å². The summed E-state index contributed by atoms with van der Waals surface area (Å²) in [5, 5.41) is 8.31. The third-order valence-electron chi connectivity index (χ3n) is 4.51. The lowest BCUT2D eigenvalue weighted by Crippen LogP contribution is -2.51. The molecule has 3 rings (SSSR count). The first-order chi connectivity index (χ1) is 11.6. The molecule has 130 valence electrons. The molecule has 1 unspecified atom stereocenters. The maximum atomic E-state index is 12.5. The summed E-state index contributed by atoms with van der Waals surface area (Å²) < 4.78 is 5.01. The number of methoxy groups -OCH3 is 1. The maximum absolute atomic E-state index is 12.5. The summed E-state index contributed by atoms with van der Waals surface area (Å²) >= 11 is 0. The Bertz CT molecular complexity index is 606. The molecular formula is C16H23N5O3. The predicted molar refractivity (Wildman–Crippen MR) is 87.7 cm³/mol. The highest BCUT2D eigenvalue weighted by atomic mass is 16.5. The van der Waals surface area contributed by atoms with Crippen LogP contribution in [0.15, 0.2) is 12.1 Å². The number of nitrogens with zero attached hydrogens (tertiary/aromatic N) is 5. The van der Waals surface area contributed by atoms with E-state index in [0.717, 1.165) is 30.9 Å². The molecule has 24 heavy (non-hydrogen) atoms. The number of carbonyl (C=O) groups is 2. The van der Waals surface area contributed by atoms with E-state index in [2.05, 4.69) is 15.1 Å². The van der Waals surface area contributed by atoms with Gasteiger partial charge in [0.15, 0.2) is 5.82 Å². The molecule has 0 radical (unpaired) electrons. The molecular weight excluding hydrogens is 310 g/mol. The molecule has 8 nitrogen and oxygen atoms in total. The molecule has 0 aliphatic carbocycles. The van der Waals surface area contributed by atoms with Crippen molar-refractivity contribution in [3.63, 3.8) is 0 Å². The van der Waals surface area contributed by atoms with Gasteiger partial charge in [-0.1, -0.05) is 0 Å². The molecule has 0 saturated carbocycles. The summed E-state index contributed by atoms with van der Waals surface area (Å²) in [7, 11) is 1.59. The van der Waals surface area contributed by atoms with Crippen LogP contribution in [0.3, 0.4) is 0 Å². The molecule has 8 heteroatoms. The van der Waals surface area contributed by atoms with E-state index in [1.54, 1.807) is 12.0 Å². The Labute approximate surface area is 141 Å². The topological polar surface area (TPSA) is 78.9 Å². The maximum Gasteiger partial charge on any atom is 0.327 e. The molecule has 2 fully saturated rings. The molecule has 1 aromatic heterocycles. The highest BCUT2D eigenvalue weighted by Gasteiger charge is 2.41. The van der Waals surface area contributed by atoms with Crippen LogP contribution in [0, 0.1) is 6.92 Å². The molecule has 3 heterocycles. The number of carbonyl (C=O) groups excluding carboxylic acids is 2. The normalized spacial score (nSPS) is 21.8. The molecule has 1 atom stereocenters. The smallest absolute Gasteiger partial charge is 0.327 e. The Balaban J connectivity index is 1.69. The van der Waals surface area contributed by atoms with Gasteiger partial charge < -0.3 is 14.5 Å². The lowest BCUT2D eigenvalue weighted by Gasteiger charge is -2.36. The predicted octanol–water partition coefficient (Wildman–Crippen LogP) is 0.664. The number of hydrogen-bond acceptors (Lipinski definition) is 6. The van der Waals surface area contributed by atoms with Gasteiger partial charge in [-0.2, -0.15) is 5.10 Å². The first-order valence-corrected chi connectivity index (χ1v) is 8.25. The Morgan fingerprint density at radius 3 is 2.83 bits per heavy atom. The molecule has 2 aliphatic heterocycles. The van der Waals surface area contributed by atoms with Gasteiger partial charge in [0.1, 0.15) is 6.54 Å². The number of urea groups is 1. The van der Waals surface area contributed by atoms with E-state index in [0.29, 0.717) is 19.7 Å². The molecule has 1 aromatic rings. The van der Waals surface area contributed by atoms with Gasteiger partial charge in [-0.05, 0) is 31.9 Å². The molecule has 0 N–H and O–H groups in total. The van der Waals surface area contributed by atoms with Gasteiger partial charge in [-0.15, -0.1) is 5.10 Å². The third-order valence-corrected chi connectivity index (χ3v) is 4.51. The van der Waals surface area contributed by atoms with Crippen molar-refractivity contribution in [2.75, 3.05) is 44.8 Å². The van der Waals surface area contributed by atoms with E-state index in [-0.39, 0.29) is 24.5 Å². The summed E-state index contributed by atoms with van der Waals surface area (Å²) in [4.78, 5) is 29.9. The SMILES string of the molecule is COCCN1CC(=O)N(C2CCCN(c3ccc(C)nn3)C2)C1=O. The molecule has 0 spiro atoms. The van der Waals surface area contributed by atoms with Crippen LogP contribution in [-0.4, -0.2) is 77.9 Å². The minimum Gasteiger partial charge on any atom is -0.383 e. The van der Waals surface area contributed by atoms with E-state index in [1.165, 1.54) is 4.90 Å². The lowest BCUT2D eigenvalue weighted by molar-refractivity contribution is -0.127. The van der Waals surface area contributed by atoms with Crippen LogP contribution in [0.5, 0.6) is 0 Å². The summed E-state index contributed by atoms with van der Waals surface area (Å²) in [6.07, 6.45) is 1.74. The van der Waals surface area contributed by atoms with Gasteiger partial charge >= 0.3 is 6.03 Å². The molecule has 0 aromatic carbocycles. The van der Waals surface area contributed by atoms with Crippen molar-refractivity contribution >= 4 is 17.8 Å². The van der Waals surface area contributed by atoms with E-state index in [4.69, 9.17) is 4.74 Å². The zero-order valence-corrected chi connectivity index (χ0v) is 14.1. The molecule has 0 bridgehead atoms. The van der Waals surface area contributed by atoms with E-state index < -0.39 is 0 Å². The van der Waals surface area contributed by atoms with Crippen molar-refractivity contribution < 1.29 is 14.3 Å². The second-order valence-electron chi connectivity index (χ2n) is 6.24. The zero-order valence-electron chi connectivity index (χ0n) is 14.1. The van der Waals surface area contributed by atoms with Gasteiger partial charge in [0.05, 0.1) is 18.3 Å². The average Bonchev–Trinajstić information content (AvgIpc) is 2.87. The standard InChI is InChI=1S/C16H23N5O3/c1-12-5-6-14(18-17-12)19-7-3-4-13(10-19)21-15(22)11-20(16(21)23)8-9-24-2/h5-6,13H,3-4,7-11H2,1-2H3. The number of anilines is 1. The van der Waals surface area contributed by atoms with Gasteiger partial charge in [0.25, 0.3) is 5.91 Å². The van der Waals surface area contributed by atoms with Gasteiger partial charge in [0, 0.05) is 26.7 Å². The van der Waals surface area contributed by atoms with Crippen LogP contribution in [0.4, 0.5) is 10.6 Å². The number of aryl methyl sites for hydroxylation is 1. The first-order valence-electron chi connectivity index (χ1n) is 8.25. The number of ether oxygens (including phenoxy) is 1. The number of amides is 3. The van der Waals surface area contributed by atoms with Crippen LogP contribution in [0.1, 0.15) is 18.5 Å². The summed E-state index contributed by atoms with van der Waals surface area (Å²) in [6, 6.07) is 3.53. The third kappa shape index (κ3) is 3.33. The Kier molecular flexibility index (Phi) is 4.94. The molecule has 2 saturated heterocycles. The number of imide groups is 1. The fraction of sp³-hybridized carbons (Fsp3) is 0.625. The Morgan fingerprint density at radius 1 is 1.29 bits per heavy atom. The van der Waals surface area contributed by atoms with Gasteiger partial charge in [-0.25, -0.2) is 4.79 Å². The summed E-state index contributed by atoms with van der Waals surface area (Å²) in [5.74, 6) is 0.665. The average molecular weight is 333 g/mol. The number of hydrogen-bond donors (Lipinski definition) is 0. The van der Waals surface area contributed by atoms with Crippen molar-refractivity contribution in [2.24, 2.45) is 0 Å². The van der Waals surface area contributed by atoms with Gasteiger partial charge in [-0.3, -0.25) is 9.69 Å². The number of aromatic nitrogens is 2. The highest BCUT2D eigenvalue weighted by molar-refractivity contribution is 6.02. The second-order valence-corrected chi connectivity index (χ2v) is 6.24. The second kappa shape index (κ2) is 7.12. The number of rotatable bonds is 5. The fourth-order valence-corrected chi connectivity index (χ4v) is 3.24. The van der Waals surface area contributed by atoms with E-state index >= 15 is 0 Å². The van der Waals surface area contributed by atoms with Crippen molar-refractivity contribution in [1.82, 2.24) is 20.0 Å².